The van der Waals surface area contributed by atoms with Crippen LogP contribution in [0.15, 0.2) is 36.9 Å². The highest BCUT2D eigenvalue weighted by molar-refractivity contribution is 5.83. The molecule has 1 aromatic rings. The summed E-state index contributed by atoms with van der Waals surface area (Å²) in [5.41, 5.74) is 1.06. The van der Waals surface area contributed by atoms with Crippen LogP contribution in [-0.2, 0) is 9.68 Å². The molecule has 1 aliphatic heterocycles. The Hall–Kier alpha value is -1.81. The first-order valence-corrected chi connectivity index (χ1v) is 8.96. The smallest absolute Gasteiger partial charge is 0.230 e. The van der Waals surface area contributed by atoms with Crippen molar-refractivity contribution in [2.75, 3.05) is 20.2 Å². The topological polar surface area (TPSA) is 38.8 Å². The second-order valence-electron chi connectivity index (χ2n) is 6.33. The molecule has 0 saturated carbocycles. The number of hydrogen-bond donors (Lipinski definition) is 0. The highest BCUT2D eigenvalue weighted by Crippen LogP contribution is 2.28. The van der Waals surface area contributed by atoms with E-state index in [0.29, 0.717) is 5.75 Å². The van der Waals surface area contributed by atoms with Crippen molar-refractivity contribution in [1.82, 2.24) is 4.90 Å². The lowest BCUT2D eigenvalue weighted by Crippen LogP contribution is -2.38. The normalized spacial score (nSPS) is 15.8. The van der Waals surface area contributed by atoms with Gasteiger partial charge < -0.3 is 9.79 Å². The molecule has 0 aliphatic carbocycles. The van der Waals surface area contributed by atoms with Crippen LogP contribution in [0.5, 0.6) is 5.75 Å². The number of nitrogens with zero attached hydrogens (tertiary/aromatic N) is 1. The molecule has 24 heavy (non-hydrogen) atoms. The summed E-state index contributed by atoms with van der Waals surface area (Å²) in [4.78, 5) is 24.8. The Balaban J connectivity index is 2.08. The maximum absolute atomic E-state index is 13.0. The van der Waals surface area contributed by atoms with Gasteiger partial charge in [-0.15, -0.1) is 6.58 Å². The van der Waals surface area contributed by atoms with Gasteiger partial charge in [0.15, 0.2) is 5.75 Å². The van der Waals surface area contributed by atoms with Crippen LogP contribution in [0.1, 0.15) is 56.4 Å². The number of allylic oxidation sites excluding steroid dienone is 1. The second-order valence-corrected chi connectivity index (χ2v) is 6.33. The van der Waals surface area contributed by atoms with Gasteiger partial charge in [0.1, 0.15) is 0 Å². The third-order valence-electron chi connectivity index (χ3n) is 4.58. The van der Waals surface area contributed by atoms with Gasteiger partial charge in [-0.1, -0.05) is 24.6 Å². The number of benzene rings is 1. The Kier molecular flexibility index (Phi) is 7.83. The fraction of sp³-hybridized carbons (Fsp3) is 0.550. The van der Waals surface area contributed by atoms with E-state index in [1.807, 2.05) is 35.2 Å². The van der Waals surface area contributed by atoms with Gasteiger partial charge in [0.25, 0.3) is 0 Å². The summed E-state index contributed by atoms with van der Waals surface area (Å²) in [5, 5.41) is 0. The number of amides is 1. The van der Waals surface area contributed by atoms with Gasteiger partial charge in [0, 0.05) is 13.1 Å². The number of hydrogen-bond acceptors (Lipinski definition) is 3. The number of likely N-dealkylation sites (tertiary alicyclic amines) is 1. The van der Waals surface area contributed by atoms with Crippen LogP contribution in [0, 0.1) is 0 Å². The van der Waals surface area contributed by atoms with Crippen molar-refractivity contribution in [2.45, 2.75) is 50.9 Å². The lowest BCUT2D eigenvalue weighted by molar-refractivity contribution is -0.178. The van der Waals surface area contributed by atoms with E-state index in [2.05, 4.69) is 11.5 Å². The van der Waals surface area contributed by atoms with Crippen molar-refractivity contribution < 1.29 is 14.6 Å². The van der Waals surface area contributed by atoms with Crippen molar-refractivity contribution in [3.8, 4) is 5.75 Å². The minimum Gasteiger partial charge on any atom is -0.342 e. The van der Waals surface area contributed by atoms with Gasteiger partial charge in [0.05, 0.1) is 13.0 Å². The quantitative estimate of drug-likeness (QED) is 0.290. The first-order valence-electron chi connectivity index (χ1n) is 8.96. The second kappa shape index (κ2) is 10.1. The molecule has 1 aromatic carbocycles. The molecular weight excluding hydrogens is 302 g/mol. The predicted octanol–water partition coefficient (Wildman–Crippen LogP) is 4.47. The first kappa shape index (κ1) is 18.5. The van der Waals surface area contributed by atoms with Crippen molar-refractivity contribution in [2.24, 2.45) is 0 Å². The standard InChI is InChI=1S/C20H29NO3/c1-3-4-5-7-10-19(20(22)21-15-8-6-9-16-21)17-11-13-18(14-12-17)24-23-2/h3,11-14,19H,1,4-10,15-16H2,2H3. The molecule has 2 rings (SSSR count). The lowest BCUT2D eigenvalue weighted by atomic mass is 9.91. The van der Waals surface area contributed by atoms with Gasteiger partial charge >= 0.3 is 0 Å². The monoisotopic (exact) mass is 331 g/mol. The van der Waals surface area contributed by atoms with Crippen LogP contribution in [0.25, 0.3) is 0 Å². The van der Waals surface area contributed by atoms with E-state index in [1.54, 1.807) is 0 Å². The number of carbonyl (C=O) groups is 1. The summed E-state index contributed by atoms with van der Waals surface area (Å²) in [7, 11) is 1.48. The van der Waals surface area contributed by atoms with Crippen LogP contribution >= 0.6 is 0 Å². The molecule has 132 valence electrons. The SMILES string of the molecule is C=CCCCCC(C(=O)N1CCCCC1)c1ccc(OOC)cc1. The van der Waals surface area contributed by atoms with Crippen molar-refractivity contribution in [1.29, 1.82) is 0 Å². The molecule has 0 bridgehead atoms. The average Bonchev–Trinajstić information content (AvgIpc) is 2.63. The maximum atomic E-state index is 13.0. The van der Waals surface area contributed by atoms with E-state index in [1.165, 1.54) is 13.5 Å². The Morgan fingerprint density at radius 2 is 1.92 bits per heavy atom. The van der Waals surface area contributed by atoms with E-state index in [0.717, 1.165) is 57.2 Å². The average molecular weight is 331 g/mol. The number of rotatable bonds is 9. The molecule has 1 heterocycles. The molecule has 0 radical (unpaired) electrons. The number of unbranched alkanes of at least 4 members (excludes halogenated alkanes) is 2. The lowest BCUT2D eigenvalue weighted by Gasteiger charge is -2.30. The highest BCUT2D eigenvalue weighted by Gasteiger charge is 2.26. The minimum absolute atomic E-state index is 0.0653. The van der Waals surface area contributed by atoms with Crippen molar-refractivity contribution in [3.63, 3.8) is 0 Å². The van der Waals surface area contributed by atoms with Gasteiger partial charge in [-0.2, -0.15) is 4.89 Å². The Bertz CT molecular complexity index is 506. The number of piperidine rings is 1. The summed E-state index contributed by atoms with van der Waals surface area (Å²) in [6.07, 6.45) is 9.42. The van der Waals surface area contributed by atoms with E-state index >= 15 is 0 Å². The van der Waals surface area contributed by atoms with Crippen LogP contribution in [-0.4, -0.2) is 31.0 Å². The Morgan fingerprint density at radius 1 is 1.21 bits per heavy atom. The summed E-state index contributed by atoms with van der Waals surface area (Å²) >= 11 is 0. The Labute approximate surface area is 145 Å². The molecule has 1 fully saturated rings. The van der Waals surface area contributed by atoms with Gasteiger partial charge in [-0.25, -0.2) is 0 Å². The minimum atomic E-state index is -0.0653. The first-order chi connectivity index (χ1) is 11.8. The summed E-state index contributed by atoms with van der Waals surface area (Å²) < 4.78 is 0. The molecule has 1 saturated heterocycles. The summed E-state index contributed by atoms with van der Waals surface area (Å²) in [6, 6.07) is 7.68. The molecule has 4 nitrogen and oxygen atoms in total. The number of carbonyl (C=O) groups excluding carboxylic acids is 1. The van der Waals surface area contributed by atoms with E-state index in [4.69, 9.17) is 4.89 Å². The maximum Gasteiger partial charge on any atom is 0.230 e. The van der Waals surface area contributed by atoms with Crippen LogP contribution in [0.4, 0.5) is 0 Å². The molecule has 4 heteroatoms. The van der Waals surface area contributed by atoms with Gasteiger partial charge in [0.2, 0.25) is 5.91 Å². The van der Waals surface area contributed by atoms with Gasteiger partial charge in [-0.05, 0) is 56.2 Å². The van der Waals surface area contributed by atoms with Crippen LogP contribution in [0.2, 0.25) is 0 Å². The van der Waals surface area contributed by atoms with Crippen molar-refractivity contribution >= 4 is 5.91 Å². The zero-order chi connectivity index (χ0) is 17.2. The third kappa shape index (κ3) is 5.38. The third-order valence-corrected chi connectivity index (χ3v) is 4.58. The molecule has 1 amide bonds. The summed E-state index contributed by atoms with van der Waals surface area (Å²) in [5.74, 6) is 0.857. The van der Waals surface area contributed by atoms with E-state index in [9.17, 15) is 4.79 Å². The molecule has 0 N–H and O–H groups in total. The Morgan fingerprint density at radius 3 is 2.54 bits per heavy atom. The largest absolute Gasteiger partial charge is 0.342 e. The van der Waals surface area contributed by atoms with Crippen LogP contribution < -0.4 is 4.89 Å². The van der Waals surface area contributed by atoms with E-state index in [-0.39, 0.29) is 11.8 Å². The van der Waals surface area contributed by atoms with Crippen LogP contribution in [0.3, 0.4) is 0 Å². The molecule has 1 unspecified atom stereocenters. The van der Waals surface area contributed by atoms with Crippen molar-refractivity contribution in [3.05, 3.63) is 42.5 Å². The van der Waals surface area contributed by atoms with Gasteiger partial charge in [-0.3, -0.25) is 4.79 Å². The molecular formula is C20H29NO3. The predicted molar refractivity (Wildman–Crippen MR) is 95.9 cm³/mol. The molecule has 1 atom stereocenters. The molecule has 0 spiro atoms. The van der Waals surface area contributed by atoms with E-state index < -0.39 is 0 Å². The zero-order valence-electron chi connectivity index (χ0n) is 14.7. The molecule has 0 aromatic heterocycles. The zero-order valence-corrected chi connectivity index (χ0v) is 14.7. The highest BCUT2D eigenvalue weighted by atomic mass is 17.2. The summed E-state index contributed by atoms with van der Waals surface area (Å²) in [6.45, 7) is 5.56. The fourth-order valence-electron chi connectivity index (χ4n) is 3.26. The molecule has 1 aliphatic rings. The fourth-order valence-corrected chi connectivity index (χ4v) is 3.26.